The molecule has 1 aromatic rings. The highest BCUT2D eigenvalue weighted by molar-refractivity contribution is 7.80. The number of carbonyl (C=O) groups excluding carboxylic acids is 1. The van der Waals surface area contributed by atoms with E-state index in [-0.39, 0.29) is 18.4 Å². The van der Waals surface area contributed by atoms with Crippen molar-refractivity contribution in [2.24, 2.45) is 5.92 Å². The lowest BCUT2D eigenvalue weighted by Crippen LogP contribution is -2.40. The quantitative estimate of drug-likeness (QED) is 0.789. The first kappa shape index (κ1) is 18.6. The third-order valence-corrected chi connectivity index (χ3v) is 5.63. The number of anilines is 1. The van der Waals surface area contributed by atoms with Crippen LogP contribution in [0.5, 0.6) is 0 Å². The van der Waals surface area contributed by atoms with Crippen LogP contribution in [0.3, 0.4) is 0 Å². The number of hydrogen-bond donors (Lipinski definition) is 1. The summed E-state index contributed by atoms with van der Waals surface area (Å²) in [5.41, 5.74) is 2.36. The molecule has 2 aliphatic heterocycles. The summed E-state index contributed by atoms with van der Waals surface area (Å²) >= 11 is -2.37. The minimum atomic E-state index is -2.37. The van der Waals surface area contributed by atoms with Crippen molar-refractivity contribution in [2.45, 2.75) is 25.7 Å². The van der Waals surface area contributed by atoms with E-state index in [1.54, 1.807) is 17.0 Å². The van der Waals surface area contributed by atoms with Crippen molar-refractivity contribution in [3.05, 3.63) is 35.4 Å². The summed E-state index contributed by atoms with van der Waals surface area (Å²) in [4.78, 5) is 25.1. The summed E-state index contributed by atoms with van der Waals surface area (Å²) in [7, 11) is 0. The van der Waals surface area contributed by atoms with Gasteiger partial charge < -0.3 is 14.6 Å². The highest BCUT2D eigenvalue weighted by Gasteiger charge is 2.27. The molecule has 2 aliphatic rings. The number of amides is 1. The number of nitrogens with zero attached hydrogens (tertiary/aromatic N) is 2. The molecule has 1 N–H and O–H groups in total. The molecule has 0 saturated carbocycles. The number of hydrogen-bond acceptors (Lipinski definition) is 4. The van der Waals surface area contributed by atoms with E-state index in [4.69, 9.17) is 5.11 Å². The zero-order valence-electron chi connectivity index (χ0n) is 14.3. The Kier molecular flexibility index (Phi) is 5.73. The van der Waals surface area contributed by atoms with Gasteiger partial charge in [0.2, 0.25) is 5.91 Å². The van der Waals surface area contributed by atoms with E-state index in [0.29, 0.717) is 44.5 Å². The SMILES string of the molecule is O=C(O)C1CCN(C(=O)CCC2=Cc3ccccc3N(S(=O)[O-])C2)CC1. The van der Waals surface area contributed by atoms with Gasteiger partial charge in [-0.2, -0.15) is 0 Å². The van der Waals surface area contributed by atoms with Crippen molar-refractivity contribution in [3.63, 3.8) is 0 Å². The van der Waals surface area contributed by atoms with Crippen molar-refractivity contribution >= 4 is 34.9 Å². The van der Waals surface area contributed by atoms with Gasteiger partial charge in [-0.05, 0) is 36.5 Å². The van der Waals surface area contributed by atoms with Crippen molar-refractivity contribution in [3.8, 4) is 0 Å². The van der Waals surface area contributed by atoms with Crippen molar-refractivity contribution in [2.75, 3.05) is 23.9 Å². The van der Waals surface area contributed by atoms with Crippen LogP contribution in [0.4, 0.5) is 5.69 Å². The predicted molar refractivity (Wildman–Crippen MR) is 96.9 cm³/mol. The Morgan fingerprint density at radius 2 is 1.92 bits per heavy atom. The van der Waals surface area contributed by atoms with Gasteiger partial charge in [0.25, 0.3) is 0 Å². The third kappa shape index (κ3) is 4.13. The number of carboxylic acid groups (broad SMARTS) is 1. The van der Waals surface area contributed by atoms with Gasteiger partial charge in [-0.3, -0.25) is 18.1 Å². The maximum Gasteiger partial charge on any atom is 0.306 e. The maximum absolute atomic E-state index is 12.4. The number of fused-ring (bicyclic) bond motifs is 1. The van der Waals surface area contributed by atoms with Gasteiger partial charge in [-0.15, -0.1) is 0 Å². The Labute approximate surface area is 154 Å². The van der Waals surface area contributed by atoms with Gasteiger partial charge >= 0.3 is 5.97 Å². The van der Waals surface area contributed by atoms with E-state index >= 15 is 0 Å². The first-order valence-electron chi connectivity index (χ1n) is 8.61. The molecule has 0 spiro atoms. The van der Waals surface area contributed by atoms with Crippen LogP contribution in [-0.2, 0) is 20.9 Å². The van der Waals surface area contributed by atoms with Crippen molar-refractivity contribution in [1.82, 2.24) is 4.90 Å². The zero-order valence-corrected chi connectivity index (χ0v) is 15.1. The zero-order chi connectivity index (χ0) is 18.7. The van der Waals surface area contributed by atoms with Crippen LogP contribution in [0.1, 0.15) is 31.2 Å². The first-order valence-corrected chi connectivity index (χ1v) is 9.65. The lowest BCUT2D eigenvalue weighted by Gasteiger charge is -2.33. The average molecular weight is 377 g/mol. The molecule has 0 bridgehead atoms. The second kappa shape index (κ2) is 8.01. The number of para-hydroxylation sites is 1. The summed E-state index contributed by atoms with van der Waals surface area (Å²) in [6, 6.07) is 7.26. The Bertz CT molecular complexity index is 756. The molecule has 1 unspecified atom stereocenters. The molecule has 0 aliphatic carbocycles. The number of aliphatic carboxylic acids is 1. The van der Waals surface area contributed by atoms with E-state index in [1.165, 1.54) is 4.31 Å². The van der Waals surface area contributed by atoms with E-state index in [1.807, 2.05) is 18.2 Å². The number of benzene rings is 1. The van der Waals surface area contributed by atoms with Gasteiger partial charge in [-0.25, -0.2) is 0 Å². The fourth-order valence-corrected chi connectivity index (χ4v) is 4.06. The van der Waals surface area contributed by atoms with Crippen LogP contribution in [0, 0.1) is 5.92 Å². The molecule has 0 aromatic heterocycles. The van der Waals surface area contributed by atoms with E-state index in [2.05, 4.69) is 0 Å². The van der Waals surface area contributed by atoms with Crippen LogP contribution >= 0.6 is 0 Å². The number of carbonyl (C=O) groups is 2. The largest absolute Gasteiger partial charge is 0.755 e. The minimum Gasteiger partial charge on any atom is -0.755 e. The van der Waals surface area contributed by atoms with Crippen LogP contribution in [0.2, 0.25) is 0 Å². The Morgan fingerprint density at radius 3 is 2.58 bits per heavy atom. The predicted octanol–water partition coefficient (Wildman–Crippen LogP) is 1.79. The number of rotatable bonds is 5. The molecule has 1 atom stereocenters. The van der Waals surface area contributed by atoms with E-state index in [0.717, 1.165) is 11.1 Å². The topological polar surface area (TPSA) is 101 Å². The van der Waals surface area contributed by atoms with Crippen molar-refractivity contribution in [1.29, 1.82) is 0 Å². The van der Waals surface area contributed by atoms with Crippen LogP contribution < -0.4 is 4.31 Å². The second-order valence-corrected chi connectivity index (χ2v) is 7.48. The number of piperidine rings is 1. The second-order valence-electron chi connectivity index (χ2n) is 6.61. The molecule has 140 valence electrons. The Morgan fingerprint density at radius 1 is 1.23 bits per heavy atom. The molecule has 1 saturated heterocycles. The molecule has 7 nitrogen and oxygen atoms in total. The normalized spacial score (nSPS) is 18.9. The van der Waals surface area contributed by atoms with Gasteiger partial charge in [0, 0.05) is 30.8 Å². The smallest absolute Gasteiger partial charge is 0.306 e. The Hall–Kier alpha value is -2.19. The molecular weight excluding hydrogens is 356 g/mol. The van der Waals surface area contributed by atoms with E-state index in [9.17, 15) is 18.4 Å². The number of carboxylic acids is 1. The highest BCUT2D eigenvalue weighted by atomic mass is 32.2. The first-order chi connectivity index (χ1) is 12.5. The molecule has 8 heteroatoms. The van der Waals surface area contributed by atoms with Crippen LogP contribution in [0.25, 0.3) is 6.08 Å². The van der Waals surface area contributed by atoms with Crippen LogP contribution in [0.15, 0.2) is 29.8 Å². The Balaban J connectivity index is 1.60. The van der Waals surface area contributed by atoms with Crippen LogP contribution in [-0.4, -0.2) is 50.3 Å². The monoisotopic (exact) mass is 377 g/mol. The summed E-state index contributed by atoms with van der Waals surface area (Å²) < 4.78 is 24.3. The molecule has 26 heavy (non-hydrogen) atoms. The third-order valence-electron chi connectivity index (χ3n) is 4.95. The van der Waals surface area contributed by atoms with Gasteiger partial charge in [0.1, 0.15) is 0 Å². The molecule has 1 aromatic carbocycles. The fraction of sp³-hybridized carbons (Fsp3) is 0.444. The van der Waals surface area contributed by atoms with Crippen molar-refractivity contribution < 1.29 is 23.5 Å². The summed E-state index contributed by atoms with van der Waals surface area (Å²) in [6.45, 7) is 1.18. The number of likely N-dealkylation sites (tertiary alicyclic amines) is 1. The van der Waals surface area contributed by atoms with Gasteiger partial charge in [-0.1, -0.05) is 24.3 Å². The lowest BCUT2D eigenvalue weighted by atomic mass is 9.96. The average Bonchev–Trinajstić information content (AvgIpc) is 2.65. The standard InChI is InChI=1S/C18H22N2O5S/c21-17(19-9-7-14(8-10-19)18(22)23)6-5-13-11-15-3-1-2-4-16(15)20(12-13)26(24)25/h1-4,11,14H,5-10,12H2,(H,22,23)(H,24,25)/p-1. The summed E-state index contributed by atoms with van der Waals surface area (Å²) in [5.74, 6) is -1.17. The highest BCUT2D eigenvalue weighted by Crippen LogP contribution is 2.31. The fourth-order valence-electron chi connectivity index (χ4n) is 3.46. The molecule has 0 radical (unpaired) electrons. The summed E-state index contributed by atoms with van der Waals surface area (Å²) in [6.07, 6.45) is 3.70. The molecule has 1 amide bonds. The molecule has 1 fully saturated rings. The van der Waals surface area contributed by atoms with E-state index < -0.39 is 17.2 Å². The molecule has 3 rings (SSSR count). The maximum atomic E-state index is 12.4. The minimum absolute atomic E-state index is 0.0107. The molecular formula is C18H21N2O5S-. The van der Waals surface area contributed by atoms with Gasteiger partial charge in [0.15, 0.2) is 0 Å². The lowest BCUT2D eigenvalue weighted by molar-refractivity contribution is -0.145. The van der Waals surface area contributed by atoms with Gasteiger partial charge in [0.05, 0.1) is 18.2 Å². The molecule has 2 heterocycles. The summed E-state index contributed by atoms with van der Waals surface area (Å²) in [5, 5.41) is 9.02.